The molecule has 0 aliphatic carbocycles. The summed E-state index contributed by atoms with van der Waals surface area (Å²) >= 11 is 0. The summed E-state index contributed by atoms with van der Waals surface area (Å²) < 4.78 is 13.3. The van der Waals surface area contributed by atoms with Crippen molar-refractivity contribution in [2.75, 3.05) is 6.54 Å². The molecule has 0 spiro atoms. The van der Waals surface area contributed by atoms with Gasteiger partial charge in [-0.1, -0.05) is 19.1 Å². The van der Waals surface area contributed by atoms with E-state index in [1.165, 1.54) is 41.6 Å². The van der Waals surface area contributed by atoms with Gasteiger partial charge in [-0.25, -0.2) is 4.39 Å². The highest BCUT2D eigenvalue weighted by Crippen LogP contribution is 2.39. The first-order valence-corrected chi connectivity index (χ1v) is 7.99. The molecule has 0 radical (unpaired) electrons. The van der Waals surface area contributed by atoms with E-state index in [4.69, 9.17) is 0 Å². The predicted molar refractivity (Wildman–Crippen MR) is 89.9 cm³/mol. The molecule has 1 unspecified atom stereocenters. The lowest BCUT2D eigenvalue weighted by molar-refractivity contribution is -0.139. The van der Waals surface area contributed by atoms with Crippen molar-refractivity contribution in [1.82, 2.24) is 9.88 Å². The van der Waals surface area contributed by atoms with Crippen LogP contribution in [0.1, 0.15) is 30.5 Å². The van der Waals surface area contributed by atoms with Gasteiger partial charge in [0.1, 0.15) is 11.6 Å². The van der Waals surface area contributed by atoms with Crippen LogP contribution in [-0.4, -0.2) is 33.2 Å². The lowest BCUT2D eigenvalue weighted by atomic mass is 9.95. The SMILES string of the molecule is CCCN1C(=O)C(=O)/C(=C(\O)c2ccncc2)C1c1ccc(F)cc1. The van der Waals surface area contributed by atoms with Crippen LogP contribution < -0.4 is 0 Å². The molecule has 1 aromatic carbocycles. The van der Waals surface area contributed by atoms with Crippen LogP contribution in [0.5, 0.6) is 0 Å². The first-order valence-electron chi connectivity index (χ1n) is 7.99. The number of likely N-dealkylation sites (tertiary alicyclic amines) is 1. The number of aliphatic hydroxyl groups excluding tert-OH is 1. The normalized spacial score (nSPS) is 19.4. The first-order chi connectivity index (χ1) is 12.0. The molecule has 1 aliphatic rings. The van der Waals surface area contributed by atoms with Gasteiger partial charge in [0, 0.05) is 24.5 Å². The topological polar surface area (TPSA) is 70.5 Å². The number of ketones is 1. The van der Waals surface area contributed by atoms with Gasteiger partial charge < -0.3 is 10.0 Å². The summed E-state index contributed by atoms with van der Waals surface area (Å²) in [6.07, 6.45) is 3.63. The molecular formula is C19H17FN2O3. The molecule has 6 heteroatoms. The second-order valence-corrected chi connectivity index (χ2v) is 5.78. The van der Waals surface area contributed by atoms with E-state index in [1.54, 1.807) is 12.1 Å². The minimum atomic E-state index is -0.742. The van der Waals surface area contributed by atoms with Crippen molar-refractivity contribution < 1.29 is 19.1 Å². The largest absolute Gasteiger partial charge is 0.507 e. The summed E-state index contributed by atoms with van der Waals surface area (Å²) in [6, 6.07) is 7.97. The van der Waals surface area contributed by atoms with Crippen molar-refractivity contribution >= 4 is 17.4 Å². The summed E-state index contributed by atoms with van der Waals surface area (Å²) in [7, 11) is 0. The molecule has 1 atom stereocenters. The van der Waals surface area contributed by atoms with E-state index in [1.807, 2.05) is 6.92 Å². The number of halogens is 1. The van der Waals surface area contributed by atoms with Crippen LogP contribution in [-0.2, 0) is 9.59 Å². The van der Waals surface area contributed by atoms with Gasteiger partial charge in [0.2, 0.25) is 0 Å². The van der Waals surface area contributed by atoms with E-state index < -0.39 is 23.5 Å². The van der Waals surface area contributed by atoms with E-state index in [2.05, 4.69) is 4.98 Å². The second-order valence-electron chi connectivity index (χ2n) is 5.78. The molecule has 1 saturated heterocycles. The van der Waals surface area contributed by atoms with Crippen LogP contribution in [0.2, 0.25) is 0 Å². The van der Waals surface area contributed by atoms with Crippen LogP contribution in [0, 0.1) is 5.82 Å². The number of nitrogens with zero attached hydrogens (tertiary/aromatic N) is 2. The third kappa shape index (κ3) is 3.03. The van der Waals surface area contributed by atoms with Crippen molar-refractivity contribution in [1.29, 1.82) is 0 Å². The third-order valence-electron chi connectivity index (χ3n) is 4.14. The van der Waals surface area contributed by atoms with Gasteiger partial charge in [0.15, 0.2) is 0 Å². The lowest BCUT2D eigenvalue weighted by Crippen LogP contribution is -2.30. The average Bonchev–Trinajstić information content (AvgIpc) is 2.88. The fourth-order valence-electron chi connectivity index (χ4n) is 3.01. The molecule has 0 saturated carbocycles. The van der Waals surface area contributed by atoms with Gasteiger partial charge >= 0.3 is 0 Å². The summed E-state index contributed by atoms with van der Waals surface area (Å²) in [5.74, 6) is -2.07. The minimum Gasteiger partial charge on any atom is -0.507 e. The van der Waals surface area contributed by atoms with Crippen LogP contribution in [0.15, 0.2) is 54.4 Å². The number of aliphatic hydroxyl groups is 1. The van der Waals surface area contributed by atoms with E-state index in [9.17, 15) is 19.1 Å². The number of hydrogen-bond donors (Lipinski definition) is 1. The molecule has 25 heavy (non-hydrogen) atoms. The Hall–Kier alpha value is -3.02. The van der Waals surface area contributed by atoms with Crippen LogP contribution in [0.4, 0.5) is 4.39 Å². The Labute approximate surface area is 144 Å². The standard InChI is InChI=1S/C19H17FN2O3/c1-2-11-22-16(12-3-5-14(20)6-4-12)15(18(24)19(22)25)17(23)13-7-9-21-10-8-13/h3-10,16,23H,2,11H2,1H3/b17-15-. The zero-order chi connectivity index (χ0) is 18.0. The van der Waals surface area contributed by atoms with Crippen LogP contribution in [0.25, 0.3) is 5.76 Å². The summed E-state index contributed by atoms with van der Waals surface area (Å²) in [4.78, 5) is 30.3. The van der Waals surface area contributed by atoms with Crippen LogP contribution >= 0.6 is 0 Å². The smallest absolute Gasteiger partial charge is 0.295 e. The van der Waals surface area contributed by atoms with Crippen molar-refractivity contribution in [2.45, 2.75) is 19.4 Å². The maximum absolute atomic E-state index is 13.3. The number of hydrogen-bond acceptors (Lipinski definition) is 4. The number of benzene rings is 1. The molecule has 128 valence electrons. The molecule has 5 nitrogen and oxygen atoms in total. The number of carbonyl (C=O) groups excluding carboxylic acids is 2. The molecule has 1 aliphatic heterocycles. The molecule has 1 fully saturated rings. The van der Waals surface area contributed by atoms with E-state index >= 15 is 0 Å². The van der Waals surface area contributed by atoms with E-state index in [0.717, 1.165) is 0 Å². The summed E-state index contributed by atoms with van der Waals surface area (Å²) in [5.41, 5.74) is 0.984. The molecule has 2 aromatic rings. The number of carbonyl (C=O) groups is 2. The van der Waals surface area contributed by atoms with Crippen molar-refractivity contribution in [3.8, 4) is 0 Å². The highest BCUT2D eigenvalue weighted by Gasteiger charge is 2.45. The average molecular weight is 340 g/mol. The van der Waals surface area contributed by atoms with E-state index in [0.29, 0.717) is 24.1 Å². The number of pyridine rings is 1. The Morgan fingerprint density at radius 1 is 1.16 bits per heavy atom. The number of amides is 1. The molecule has 1 N–H and O–H groups in total. The van der Waals surface area contributed by atoms with Gasteiger partial charge in [0.05, 0.1) is 11.6 Å². The highest BCUT2D eigenvalue weighted by atomic mass is 19.1. The maximum atomic E-state index is 13.3. The van der Waals surface area contributed by atoms with Gasteiger partial charge in [-0.15, -0.1) is 0 Å². The molecule has 2 heterocycles. The van der Waals surface area contributed by atoms with Crippen molar-refractivity contribution in [2.24, 2.45) is 0 Å². The fraction of sp³-hybridized carbons (Fsp3) is 0.211. The predicted octanol–water partition coefficient (Wildman–Crippen LogP) is 3.05. The summed E-state index contributed by atoms with van der Waals surface area (Å²) in [6.45, 7) is 2.25. The summed E-state index contributed by atoms with van der Waals surface area (Å²) in [5, 5.41) is 10.7. The zero-order valence-electron chi connectivity index (χ0n) is 13.6. The molecule has 1 aromatic heterocycles. The first kappa shape index (κ1) is 16.8. The Morgan fingerprint density at radius 3 is 2.40 bits per heavy atom. The number of rotatable bonds is 4. The molecule has 1 amide bonds. The molecule has 0 bridgehead atoms. The maximum Gasteiger partial charge on any atom is 0.295 e. The fourth-order valence-corrected chi connectivity index (χ4v) is 3.01. The van der Waals surface area contributed by atoms with Gasteiger partial charge in [-0.3, -0.25) is 14.6 Å². The lowest BCUT2D eigenvalue weighted by Gasteiger charge is -2.24. The highest BCUT2D eigenvalue weighted by molar-refractivity contribution is 6.46. The van der Waals surface area contributed by atoms with E-state index in [-0.39, 0.29) is 11.3 Å². The Balaban J connectivity index is 2.18. The number of Topliss-reactive ketones (excluding diaryl/α,β-unsaturated/α-hetero) is 1. The Morgan fingerprint density at radius 2 is 1.80 bits per heavy atom. The number of aromatic nitrogens is 1. The molecular weight excluding hydrogens is 323 g/mol. The van der Waals surface area contributed by atoms with Gasteiger partial charge in [-0.2, -0.15) is 0 Å². The Bertz CT molecular complexity index is 832. The zero-order valence-corrected chi connectivity index (χ0v) is 13.6. The monoisotopic (exact) mass is 340 g/mol. The third-order valence-corrected chi connectivity index (χ3v) is 4.14. The minimum absolute atomic E-state index is 0.0104. The second kappa shape index (κ2) is 6.84. The Kier molecular flexibility index (Phi) is 4.61. The van der Waals surface area contributed by atoms with Gasteiger partial charge in [-0.05, 0) is 36.2 Å². The van der Waals surface area contributed by atoms with Crippen molar-refractivity contribution in [3.63, 3.8) is 0 Å². The quantitative estimate of drug-likeness (QED) is 0.528. The van der Waals surface area contributed by atoms with Gasteiger partial charge in [0.25, 0.3) is 11.7 Å². The van der Waals surface area contributed by atoms with Crippen LogP contribution in [0.3, 0.4) is 0 Å². The molecule has 3 rings (SSSR count). The van der Waals surface area contributed by atoms with Crippen molar-refractivity contribution in [3.05, 3.63) is 71.3 Å².